The summed E-state index contributed by atoms with van der Waals surface area (Å²) in [6, 6.07) is 3.61. The number of hydrogen-bond acceptors (Lipinski definition) is 5. The molecule has 3 aromatic heterocycles. The van der Waals surface area contributed by atoms with Gasteiger partial charge in [0.1, 0.15) is 6.33 Å². The van der Waals surface area contributed by atoms with Crippen LogP contribution < -0.4 is 5.32 Å². The third-order valence-electron chi connectivity index (χ3n) is 3.11. The number of aromatic nitrogens is 4. The molecule has 0 bridgehead atoms. The number of carbonyl (C=O) groups excluding carboxylic acids is 1. The molecular weight excluding hydrogens is 286 g/mol. The zero-order valence-corrected chi connectivity index (χ0v) is 12.4. The van der Waals surface area contributed by atoms with Crippen molar-refractivity contribution in [3.63, 3.8) is 0 Å². The van der Waals surface area contributed by atoms with Gasteiger partial charge in [0.2, 0.25) is 5.95 Å². The summed E-state index contributed by atoms with van der Waals surface area (Å²) < 4.78 is 1.81. The van der Waals surface area contributed by atoms with Crippen LogP contribution in [0.15, 0.2) is 36.2 Å². The molecular formula is C14H13N5OS. The number of anilines is 1. The van der Waals surface area contributed by atoms with E-state index in [0.29, 0.717) is 16.5 Å². The Kier molecular flexibility index (Phi) is 3.49. The fraction of sp³-hybridized carbons (Fsp3) is 0.143. The minimum Gasteiger partial charge on any atom is -0.319 e. The predicted octanol–water partition coefficient (Wildman–Crippen LogP) is 2.59. The highest BCUT2D eigenvalue weighted by Gasteiger charge is 2.09. The summed E-state index contributed by atoms with van der Waals surface area (Å²) in [5.41, 5.74) is 2.49. The third-order valence-corrected chi connectivity index (χ3v) is 3.98. The van der Waals surface area contributed by atoms with Crippen molar-refractivity contribution in [2.45, 2.75) is 13.8 Å². The maximum atomic E-state index is 11.9. The third kappa shape index (κ3) is 2.68. The predicted molar refractivity (Wildman–Crippen MR) is 80.9 cm³/mol. The number of amides is 1. The van der Waals surface area contributed by atoms with Crippen LogP contribution in [0.1, 0.15) is 21.1 Å². The monoisotopic (exact) mass is 299 g/mol. The average Bonchev–Trinajstić information content (AvgIpc) is 3.12. The van der Waals surface area contributed by atoms with Crippen LogP contribution in [-0.4, -0.2) is 25.4 Å². The van der Waals surface area contributed by atoms with E-state index in [2.05, 4.69) is 20.3 Å². The summed E-state index contributed by atoms with van der Waals surface area (Å²) >= 11 is 1.39. The molecule has 0 radical (unpaired) electrons. The van der Waals surface area contributed by atoms with Gasteiger partial charge in [-0.1, -0.05) is 6.07 Å². The van der Waals surface area contributed by atoms with E-state index in [4.69, 9.17) is 0 Å². The van der Waals surface area contributed by atoms with E-state index in [1.807, 2.05) is 25.3 Å². The molecule has 3 heterocycles. The first kappa shape index (κ1) is 13.4. The van der Waals surface area contributed by atoms with Crippen molar-refractivity contribution in [1.29, 1.82) is 0 Å². The first-order valence-electron chi connectivity index (χ1n) is 6.33. The summed E-state index contributed by atoms with van der Waals surface area (Å²) in [6.07, 6.45) is 4.86. The largest absolute Gasteiger partial charge is 0.319 e. The molecule has 0 aliphatic heterocycles. The van der Waals surface area contributed by atoms with Crippen molar-refractivity contribution in [3.8, 4) is 5.95 Å². The molecule has 0 unspecified atom stereocenters. The molecule has 7 heteroatoms. The lowest BCUT2D eigenvalue weighted by Crippen LogP contribution is -2.11. The highest BCUT2D eigenvalue weighted by Crippen LogP contribution is 2.14. The van der Waals surface area contributed by atoms with Gasteiger partial charge in [0.25, 0.3) is 5.91 Å². The van der Waals surface area contributed by atoms with Crippen LogP contribution >= 0.6 is 11.3 Å². The van der Waals surface area contributed by atoms with Crippen LogP contribution in [0.25, 0.3) is 5.95 Å². The van der Waals surface area contributed by atoms with Crippen molar-refractivity contribution in [2.75, 3.05) is 5.32 Å². The smallest absolute Gasteiger partial charge is 0.265 e. The number of imidazole rings is 1. The van der Waals surface area contributed by atoms with E-state index in [0.717, 1.165) is 11.4 Å². The van der Waals surface area contributed by atoms with Gasteiger partial charge < -0.3 is 5.32 Å². The highest BCUT2D eigenvalue weighted by atomic mass is 32.1. The van der Waals surface area contributed by atoms with Gasteiger partial charge in [-0.3, -0.25) is 9.36 Å². The Labute approximate surface area is 125 Å². The Hall–Kier alpha value is -2.54. The van der Waals surface area contributed by atoms with Crippen molar-refractivity contribution in [2.24, 2.45) is 0 Å². The Balaban J connectivity index is 1.78. The highest BCUT2D eigenvalue weighted by molar-refractivity contribution is 7.12. The lowest BCUT2D eigenvalue weighted by atomic mass is 10.4. The van der Waals surface area contributed by atoms with Gasteiger partial charge in [0, 0.05) is 5.69 Å². The van der Waals surface area contributed by atoms with Crippen LogP contribution in [-0.2, 0) is 0 Å². The molecule has 0 atom stereocenters. The SMILES string of the molecule is Cc1ncn(-c2ncc(NC(=O)c3cccs3)cn2)c1C. The number of nitrogens with zero attached hydrogens (tertiary/aromatic N) is 4. The number of rotatable bonds is 3. The van der Waals surface area contributed by atoms with E-state index >= 15 is 0 Å². The van der Waals surface area contributed by atoms with Gasteiger partial charge in [-0.05, 0) is 25.3 Å². The Morgan fingerprint density at radius 2 is 2.00 bits per heavy atom. The molecule has 106 valence electrons. The molecule has 0 aliphatic rings. The molecule has 3 rings (SSSR count). The van der Waals surface area contributed by atoms with Gasteiger partial charge in [-0.15, -0.1) is 11.3 Å². The molecule has 3 aromatic rings. The van der Waals surface area contributed by atoms with Crippen molar-refractivity contribution in [3.05, 3.63) is 52.5 Å². The van der Waals surface area contributed by atoms with E-state index in [9.17, 15) is 4.79 Å². The van der Waals surface area contributed by atoms with Gasteiger partial charge >= 0.3 is 0 Å². The van der Waals surface area contributed by atoms with Gasteiger partial charge in [-0.2, -0.15) is 0 Å². The Morgan fingerprint density at radius 1 is 1.24 bits per heavy atom. The fourth-order valence-electron chi connectivity index (χ4n) is 1.81. The van der Waals surface area contributed by atoms with Crippen molar-refractivity contribution >= 4 is 22.9 Å². The summed E-state index contributed by atoms with van der Waals surface area (Å²) in [7, 11) is 0. The van der Waals surface area contributed by atoms with Gasteiger partial charge in [-0.25, -0.2) is 15.0 Å². The summed E-state index contributed by atoms with van der Waals surface area (Å²) in [4.78, 5) is 25.3. The lowest BCUT2D eigenvalue weighted by molar-refractivity contribution is 0.103. The second kappa shape index (κ2) is 5.45. The summed E-state index contributed by atoms with van der Waals surface area (Å²) in [5.74, 6) is 0.373. The second-order valence-corrected chi connectivity index (χ2v) is 5.44. The molecule has 0 saturated carbocycles. The summed E-state index contributed by atoms with van der Waals surface area (Å²) in [5, 5.41) is 4.62. The molecule has 0 spiro atoms. The molecule has 0 saturated heterocycles. The quantitative estimate of drug-likeness (QED) is 0.807. The molecule has 1 N–H and O–H groups in total. The van der Waals surface area contributed by atoms with Crippen LogP contribution in [0.2, 0.25) is 0 Å². The van der Waals surface area contributed by atoms with E-state index in [1.165, 1.54) is 11.3 Å². The van der Waals surface area contributed by atoms with Crippen molar-refractivity contribution < 1.29 is 4.79 Å². The second-order valence-electron chi connectivity index (χ2n) is 4.49. The first-order chi connectivity index (χ1) is 10.1. The number of aryl methyl sites for hydroxylation is 1. The average molecular weight is 299 g/mol. The number of thiophene rings is 1. The minimum atomic E-state index is -0.156. The number of hydrogen-bond donors (Lipinski definition) is 1. The standard InChI is InChI=1S/C14H13N5OS/c1-9-10(2)19(8-17-9)14-15-6-11(7-16-14)18-13(20)12-4-3-5-21-12/h3-8H,1-2H3,(H,18,20). The molecule has 0 aromatic carbocycles. The molecule has 1 amide bonds. The molecule has 21 heavy (non-hydrogen) atoms. The van der Waals surface area contributed by atoms with E-state index < -0.39 is 0 Å². The van der Waals surface area contributed by atoms with Crippen LogP contribution in [0, 0.1) is 13.8 Å². The number of carbonyl (C=O) groups is 1. The zero-order chi connectivity index (χ0) is 14.8. The van der Waals surface area contributed by atoms with Crippen molar-refractivity contribution in [1.82, 2.24) is 19.5 Å². The van der Waals surface area contributed by atoms with E-state index in [1.54, 1.807) is 29.4 Å². The fourth-order valence-corrected chi connectivity index (χ4v) is 2.43. The molecule has 6 nitrogen and oxygen atoms in total. The van der Waals surface area contributed by atoms with Crippen LogP contribution in [0.4, 0.5) is 5.69 Å². The maximum Gasteiger partial charge on any atom is 0.265 e. The number of nitrogens with one attached hydrogen (secondary N) is 1. The first-order valence-corrected chi connectivity index (χ1v) is 7.21. The van der Waals surface area contributed by atoms with Crippen LogP contribution in [0.5, 0.6) is 0 Å². The minimum absolute atomic E-state index is 0.156. The lowest BCUT2D eigenvalue weighted by Gasteiger charge is -2.06. The Bertz CT molecular complexity index is 761. The van der Waals surface area contributed by atoms with Gasteiger partial charge in [0.15, 0.2) is 0 Å². The maximum absolute atomic E-state index is 11.9. The van der Waals surface area contributed by atoms with E-state index in [-0.39, 0.29) is 5.91 Å². The Morgan fingerprint density at radius 3 is 2.57 bits per heavy atom. The molecule has 0 fully saturated rings. The molecule has 0 aliphatic carbocycles. The normalized spacial score (nSPS) is 10.6. The zero-order valence-electron chi connectivity index (χ0n) is 11.6. The topological polar surface area (TPSA) is 72.7 Å². The van der Waals surface area contributed by atoms with Crippen LogP contribution in [0.3, 0.4) is 0 Å². The summed E-state index contributed by atoms with van der Waals surface area (Å²) in [6.45, 7) is 3.89. The van der Waals surface area contributed by atoms with Gasteiger partial charge in [0.05, 0.1) is 28.7 Å².